The molecule has 0 spiro atoms. The Balaban J connectivity index is 2.91. The minimum Gasteiger partial charge on any atom is -0.481 e. The molecule has 1 aromatic rings. The average molecular weight is 332 g/mol. The second kappa shape index (κ2) is 7.01. The Morgan fingerprint density at radius 3 is 2.63 bits per heavy atom. The van der Waals surface area contributed by atoms with Crippen molar-refractivity contribution in [1.82, 2.24) is 4.90 Å². The first-order valence-corrected chi connectivity index (χ1v) is 7.07. The predicted molar refractivity (Wildman–Crippen MR) is 76.6 cm³/mol. The SMILES string of the molecule is CCN(CC(C)C(=O)O)C(C)c1cc(Br)ccc1F. The number of hydrogen-bond donors (Lipinski definition) is 1. The van der Waals surface area contributed by atoms with E-state index in [0.29, 0.717) is 18.7 Å². The number of aliphatic carboxylic acids is 1. The van der Waals surface area contributed by atoms with Gasteiger partial charge in [-0.2, -0.15) is 0 Å². The minimum atomic E-state index is -0.833. The molecule has 0 fully saturated rings. The van der Waals surface area contributed by atoms with E-state index in [4.69, 9.17) is 5.11 Å². The van der Waals surface area contributed by atoms with E-state index in [1.807, 2.05) is 18.7 Å². The number of nitrogens with zero attached hydrogens (tertiary/aromatic N) is 1. The van der Waals surface area contributed by atoms with E-state index < -0.39 is 11.9 Å². The highest BCUT2D eigenvalue weighted by Crippen LogP contribution is 2.26. The van der Waals surface area contributed by atoms with Crippen LogP contribution in [0.1, 0.15) is 32.4 Å². The molecule has 3 nitrogen and oxygen atoms in total. The summed E-state index contributed by atoms with van der Waals surface area (Å²) in [6.45, 7) is 6.57. The molecule has 0 radical (unpaired) electrons. The van der Waals surface area contributed by atoms with Crippen molar-refractivity contribution in [3.63, 3.8) is 0 Å². The van der Waals surface area contributed by atoms with Crippen LogP contribution in [0.25, 0.3) is 0 Å². The van der Waals surface area contributed by atoms with Crippen LogP contribution in [0.4, 0.5) is 4.39 Å². The lowest BCUT2D eigenvalue weighted by Crippen LogP contribution is -2.34. The quantitative estimate of drug-likeness (QED) is 0.864. The van der Waals surface area contributed by atoms with Gasteiger partial charge in [-0.25, -0.2) is 4.39 Å². The second-order valence-electron chi connectivity index (χ2n) is 4.67. The van der Waals surface area contributed by atoms with E-state index in [1.165, 1.54) is 6.07 Å². The predicted octanol–water partition coefficient (Wildman–Crippen LogP) is 3.69. The number of benzene rings is 1. The van der Waals surface area contributed by atoms with Crippen LogP contribution in [-0.4, -0.2) is 29.1 Å². The van der Waals surface area contributed by atoms with E-state index >= 15 is 0 Å². The molecule has 0 amide bonds. The van der Waals surface area contributed by atoms with Crippen LogP contribution >= 0.6 is 15.9 Å². The monoisotopic (exact) mass is 331 g/mol. The van der Waals surface area contributed by atoms with E-state index in [2.05, 4.69) is 15.9 Å². The summed E-state index contributed by atoms with van der Waals surface area (Å²) in [7, 11) is 0. The maximum absolute atomic E-state index is 13.8. The van der Waals surface area contributed by atoms with Gasteiger partial charge >= 0.3 is 5.97 Å². The average Bonchev–Trinajstić information content (AvgIpc) is 2.37. The van der Waals surface area contributed by atoms with Crippen molar-refractivity contribution in [3.8, 4) is 0 Å². The Labute approximate surface area is 121 Å². The van der Waals surface area contributed by atoms with Crippen molar-refractivity contribution >= 4 is 21.9 Å². The molecule has 0 aliphatic rings. The lowest BCUT2D eigenvalue weighted by Gasteiger charge is -2.29. The van der Waals surface area contributed by atoms with Gasteiger partial charge in [0.2, 0.25) is 0 Å². The molecular weight excluding hydrogens is 313 g/mol. The van der Waals surface area contributed by atoms with Gasteiger partial charge in [-0.05, 0) is 31.7 Å². The molecule has 106 valence electrons. The van der Waals surface area contributed by atoms with Crippen LogP contribution < -0.4 is 0 Å². The van der Waals surface area contributed by atoms with Crippen molar-refractivity contribution in [2.24, 2.45) is 5.92 Å². The van der Waals surface area contributed by atoms with Gasteiger partial charge < -0.3 is 5.11 Å². The van der Waals surface area contributed by atoms with Crippen LogP contribution in [0.5, 0.6) is 0 Å². The molecule has 2 atom stereocenters. The molecule has 0 aromatic heterocycles. The van der Waals surface area contributed by atoms with Crippen LogP contribution in [0.15, 0.2) is 22.7 Å². The number of carboxylic acid groups (broad SMARTS) is 1. The third-order valence-electron chi connectivity index (χ3n) is 3.29. The van der Waals surface area contributed by atoms with Crippen LogP contribution in [0.3, 0.4) is 0 Å². The normalized spacial score (nSPS) is 14.4. The largest absolute Gasteiger partial charge is 0.481 e. The van der Waals surface area contributed by atoms with Gasteiger partial charge in [-0.1, -0.05) is 29.8 Å². The van der Waals surface area contributed by atoms with Crippen LogP contribution in [0, 0.1) is 11.7 Å². The molecule has 5 heteroatoms. The molecular formula is C14H19BrFNO2. The minimum absolute atomic E-state index is 0.163. The fourth-order valence-electron chi connectivity index (χ4n) is 2.02. The smallest absolute Gasteiger partial charge is 0.307 e. The highest BCUT2D eigenvalue weighted by atomic mass is 79.9. The van der Waals surface area contributed by atoms with Gasteiger partial charge in [-0.3, -0.25) is 9.69 Å². The number of hydrogen-bond acceptors (Lipinski definition) is 2. The Morgan fingerprint density at radius 2 is 2.11 bits per heavy atom. The first-order valence-electron chi connectivity index (χ1n) is 6.28. The highest BCUT2D eigenvalue weighted by Gasteiger charge is 2.22. The van der Waals surface area contributed by atoms with E-state index in [1.54, 1.807) is 19.1 Å². The number of carboxylic acids is 1. The van der Waals surface area contributed by atoms with Crippen molar-refractivity contribution in [2.75, 3.05) is 13.1 Å². The van der Waals surface area contributed by atoms with E-state index in [0.717, 1.165) is 4.47 Å². The molecule has 0 aliphatic heterocycles. The number of rotatable bonds is 6. The van der Waals surface area contributed by atoms with Crippen molar-refractivity contribution in [1.29, 1.82) is 0 Å². The lowest BCUT2D eigenvalue weighted by molar-refractivity contribution is -0.141. The van der Waals surface area contributed by atoms with E-state index in [-0.39, 0.29) is 11.9 Å². The Morgan fingerprint density at radius 1 is 1.47 bits per heavy atom. The maximum atomic E-state index is 13.8. The highest BCUT2D eigenvalue weighted by molar-refractivity contribution is 9.10. The number of carbonyl (C=O) groups is 1. The van der Waals surface area contributed by atoms with Gasteiger partial charge in [-0.15, -0.1) is 0 Å². The zero-order valence-electron chi connectivity index (χ0n) is 11.4. The van der Waals surface area contributed by atoms with Crippen LogP contribution in [-0.2, 0) is 4.79 Å². The molecule has 1 N–H and O–H groups in total. The molecule has 1 rings (SSSR count). The van der Waals surface area contributed by atoms with Gasteiger partial charge in [0.25, 0.3) is 0 Å². The molecule has 1 aromatic carbocycles. The Kier molecular flexibility index (Phi) is 5.94. The topological polar surface area (TPSA) is 40.5 Å². The van der Waals surface area contributed by atoms with Gasteiger partial charge in [0, 0.05) is 22.6 Å². The molecule has 2 unspecified atom stereocenters. The Hall–Kier alpha value is -0.940. The van der Waals surface area contributed by atoms with E-state index in [9.17, 15) is 9.18 Å². The summed E-state index contributed by atoms with van der Waals surface area (Å²) >= 11 is 3.33. The first kappa shape index (κ1) is 16.1. The summed E-state index contributed by atoms with van der Waals surface area (Å²) in [4.78, 5) is 12.9. The lowest BCUT2D eigenvalue weighted by atomic mass is 10.0. The zero-order valence-corrected chi connectivity index (χ0v) is 12.9. The summed E-state index contributed by atoms with van der Waals surface area (Å²) in [5.74, 6) is -1.57. The number of halogens is 2. The third kappa shape index (κ3) is 4.28. The summed E-state index contributed by atoms with van der Waals surface area (Å²) in [6, 6.07) is 4.66. The standard InChI is InChI=1S/C14H19BrFNO2/c1-4-17(8-9(2)14(18)19)10(3)12-7-11(15)5-6-13(12)16/h5-7,9-10H,4,8H2,1-3H3,(H,18,19). The van der Waals surface area contributed by atoms with Crippen molar-refractivity contribution < 1.29 is 14.3 Å². The fraction of sp³-hybridized carbons (Fsp3) is 0.500. The van der Waals surface area contributed by atoms with Gasteiger partial charge in [0.1, 0.15) is 5.82 Å². The van der Waals surface area contributed by atoms with Crippen LogP contribution in [0.2, 0.25) is 0 Å². The van der Waals surface area contributed by atoms with Crippen molar-refractivity contribution in [3.05, 3.63) is 34.1 Å². The zero-order chi connectivity index (χ0) is 14.6. The molecule has 19 heavy (non-hydrogen) atoms. The van der Waals surface area contributed by atoms with Crippen molar-refractivity contribution in [2.45, 2.75) is 26.8 Å². The molecule has 0 bridgehead atoms. The Bertz CT molecular complexity index is 453. The summed E-state index contributed by atoms with van der Waals surface area (Å²) in [6.07, 6.45) is 0. The van der Waals surface area contributed by atoms with Gasteiger partial charge in [0.15, 0.2) is 0 Å². The summed E-state index contributed by atoms with van der Waals surface area (Å²) in [5, 5.41) is 8.97. The molecule has 0 saturated carbocycles. The fourth-order valence-corrected chi connectivity index (χ4v) is 2.40. The summed E-state index contributed by atoms with van der Waals surface area (Å²) < 4.78 is 14.7. The summed E-state index contributed by atoms with van der Waals surface area (Å²) in [5.41, 5.74) is 0.578. The maximum Gasteiger partial charge on any atom is 0.307 e. The molecule has 0 aliphatic carbocycles. The molecule has 0 saturated heterocycles. The first-order chi connectivity index (χ1) is 8.86. The van der Waals surface area contributed by atoms with Gasteiger partial charge in [0.05, 0.1) is 5.92 Å². The second-order valence-corrected chi connectivity index (χ2v) is 5.58. The molecule has 0 heterocycles. The third-order valence-corrected chi connectivity index (χ3v) is 3.79.